The molecule has 1 amide bonds. The summed E-state index contributed by atoms with van der Waals surface area (Å²) in [6, 6.07) is 9.42. The summed E-state index contributed by atoms with van der Waals surface area (Å²) in [5.74, 6) is -0.190. The van der Waals surface area contributed by atoms with Gasteiger partial charge in [0.25, 0.3) is 5.91 Å². The molecule has 14 heavy (non-hydrogen) atoms. The zero-order valence-corrected chi connectivity index (χ0v) is 8.12. The predicted octanol–water partition coefficient (Wildman–Crippen LogP) is 0.822. The van der Waals surface area contributed by atoms with Gasteiger partial charge in [-0.05, 0) is 12.1 Å². The zero-order chi connectivity index (χ0) is 9.97. The van der Waals surface area contributed by atoms with E-state index in [0.717, 1.165) is 5.69 Å². The van der Waals surface area contributed by atoms with Crippen molar-refractivity contribution in [3.63, 3.8) is 0 Å². The molecule has 4 nitrogen and oxygen atoms in total. The van der Waals surface area contributed by atoms with Crippen molar-refractivity contribution >= 4 is 28.5 Å². The highest BCUT2D eigenvalue weighted by Gasteiger charge is 2.26. The van der Waals surface area contributed by atoms with Gasteiger partial charge in [-0.15, -0.1) is 0 Å². The fourth-order valence-corrected chi connectivity index (χ4v) is 1.78. The standard InChI is InChI=1S/C9H9N3OS/c10-7-8(13)12-9(14-7)11-6-4-2-1-3-5-6/h1-5,7H,10H2,(H,11,12,13). The van der Waals surface area contributed by atoms with Crippen LogP contribution in [0.4, 0.5) is 5.69 Å². The topological polar surface area (TPSA) is 67.5 Å². The Morgan fingerprint density at radius 1 is 1.36 bits per heavy atom. The van der Waals surface area contributed by atoms with Gasteiger partial charge in [-0.1, -0.05) is 30.0 Å². The Labute approximate surface area is 85.6 Å². The molecule has 1 atom stereocenters. The quantitative estimate of drug-likeness (QED) is 0.716. The normalized spacial score (nSPS) is 23.9. The summed E-state index contributed by atoms with van der Waals surface area (Å²) in [5, 5.41) is 2.63. The molecule has 1 saturated heterocycles. The summed E-state index contributed by atoms with van der Waals surface area (Å²) in [5.41, 5.74) is 6.30. The summed E-state index contributed by atoms with van der Waals surface area (Å²) in [7, 11) is 0. The Bertz CT molecular complexity index is 377. The molecule has 0 bridgehead atoms. The Balaban J connectivity index is 2.17. The molecule has 3 N–H and O–H groups in total. The SMILES string of the molecule is NC1SC(=Nc2ccccc2)NC1=O. The number of amides is 1. The fourth-order valence-electron chi connectivity index (χ4n) is 1.05. The number of rotatable bonds is 1. The Morgan fingerprint density at radius 2 is 2.07 bits per heavy atom. The summed E-state index contributed by atoms with van der Waals surface area (Å²) >= 11 is 1.24. The number of para-hydroxylation sites is 1. The first-order chi connectivity index (χ1) is 6.75. The van der Waals surface area contributed by atoms with Crippen LogP contribution in [0.25, 0.3) is 0 Å². The summed E-state index contributed by atoms with van der Waals surface area (Å²) < 4.78 is 0. The molecule has 0 spiro atoms. The number of aliphatic imine (C=N–C) groups is 1. The molecule has 2 rings (SSSR count). The second-order valence-corrected chi connectivity index (χ2v) is 3.91. The number of thioether (sulfide) groups is 1. The van der Waals surface area contributed by atoms with E-state index in [0.29, 0.717) is 5.17 Å². The van der Waals surface area contributed by atoms with Crippen molar-refractivity contribution in [2.75, 3.05) is 0 Å². The second-order valence-electron chi connectivity index (χ2n) is 2.78. The summed E-state index contributed by atoms with van der Waals surface area (Å²) in [6.07, 6.45) is 0. The molecule has 0 saturated carbocycles. The minimum atomic E-state index is -0.530. The van der Waals surface area contributed by atoms with Crippen LogP contribution in [-0.2, 0) is 4.79 Å². The number of amidine groups is 1. The van der Waals surface area contributed by atoms with Crippen LogP contribution in [0.3, 0.4) is 0 Å². The lowest BCUT2D eigenvalue weighted by atomic mass is 10.3. The van der Waals surface area contributed by atoms with E-state index < -0.39 is 5.37 Å². The van der Waals surface area contributed by atoms with Gasteiger partial charge in [0.2, 0.25) is 0 Å². The first-order valence-corrected chi connectivity index (χ1v) is 5.00. The van der Waals surface area contributed by atoms with E-state index in [2.05, 4.69) is 10.3 Å². The molecule has 0 aliphatic carbocycles. The Hall–Kier alpha value is -1.33. The zero-order valence-electron chi connectivity index (χ0n) is 7.31. The fraction of sp³-hybridized carbons (Fsp3) is 0.111. The van der Waals surface area contributed by atoms with E-state index in [1.54, 1.807) is 0 Å². The highest BCUT2D eigenvalue weighted by atomic mass is 32.2. The maximum Gasteiger partial charge on any atom is 0.253 e. The van der Waals surface area contributed by atoms with Crippen molar-refractivity contribution < 1.29 is 4.79 Å². The first-order valence-electron chi connectivity index (χ1n) is 4.12. The molecule has 1 heterocycles. The number of benzene rings is 1. The van der Waals surface area contributed by atoms with Crippen LogP contribution in [0.2, 0.25) is 0 Å². The molecule has 1 aromatic carbocycles. The van der Waals surface area contributed by atoms with E-state index >= 15 is 0 Å². The molecule has 0 radical (unpaired) electrons. The molecule has 1 unspecified atom stereocenters. The third-order valence-corrected chi connectivity index (χ3v) is 2.60. The smallest absolute Gasteiger partial charge is 0.253 e. The third-order valence-electron chi connectivity index (χ3n) is 1.71. The van der Waals surface area contributed by atoms with E-state index in [9.17, 15) is 4.79 Å². The molecule has 1 aromatic rings. The van der Waals surface area contributed by atoms with Crippen LogP contribution in [0, 0.1) is 0 Å². The largest absolute Gasteiger partial charge is 0.311 e. The average Bonchev–Trinajstić information content (AvgIpc) is 2.47. The number of hydrogen-bond donors (Lipinski definition) is 2. The van der Waals surface area contributed by atoms with Crippen molar-refractivity contribution in [2.45, 2.75) is 5.37 Å². The maximum atomic E-state index is 11.0. The number of nitrogens with two attached hydrogens (primary N) is 1. The van der Waals surface area contributed by atoms with E-state index in [1.807, 2.05) is 30.3 Å². The second kappa shape index (κ2) is 3.81. The molecular formula is C9H9N3OS. The summed E-state index contributed by atoms with van der Waals surface area (Å²) in [4.78, 5) is 15.3. The van der Waals surface area contributed by atoms with Gasteiger partial charge in [0, 0.05) is 0 Å². The van der Waals surface area contributed by atoms with E-state index in [1.165, 1.54) is 11.8 Å². The van der Waals surface area contributed by atoms with Crippen LogP contribution < -0.4 is 11.1 Å². The van der Waals surface area contributed by atoms with E-state index in [-0.39, 0.29) is 5.91 Å². The first kappa shape index (κ1) is 9.23. The minimum absolute atomic E-state index is 0.190. The van der Waals surface area contributed by atoms with Crippen LogP contribution >= 0.6 is 11.8 Å². The molecule has 72 valence electrons. The highest BCUT2D eigenvalue weighted by Crippen LogP contribution is 2.19. The highest BCUT2D eigenvalue weighted by molar-refractivity contribution is 8.15. The number of carbonyl (C=O) groups is 1. The Morgan fingerprint density at radius 3 is 2.64 bits per heavy atom. The minimum Gasteiger partial charge on any atom is -0.311 e. The van der Waals surface area contributed by atoms with Crippen LogP contribution in [-0.4, -0.2) is 16.4 Å². The van der Waals surface area contributed by atoms with Gasteiger partial charge in [-0.25, -0.2) is 4.99 Å². The van der Waals surface area contributed by atoms with Crippen LogP contribution in [0.15, 0.2) is 35.3 Å². The molecule has 1 fully saturated rings. The molecule has 1 aliphatic rings. The lowest BCUT2D eigenvalue weighted by molar-refractivity contribution is -0.118. The Kier molecular flexibility index (Phi) is 2.51. The van der Waals surface area contributed by atoms with Gasteiger partial charge < -0.3 is 11.1 Å². The molecule has 5 heteroatoms. The lowest BCUT2D eigenvalue weighted by Gasteiger charge is -1.95. The van der Waals surface area contributed by atoms with Gasteiger partial charge in [0.15, 0.2) is 5.17 Å². The van der Waals surface area contributed by atoms with Crippen LogP contribution in [0.5, 0.6) is 0 Å². The van der Waals surface area contributed by atoms with Gasteiger partial charge in [-0.3, -0.25) is 4.79 Å². The average molecular weight is 207 g/mol. The van der Waals surface area contributed by atoms with Crippen molar-refractivity contribution in [3.8, 4) is 0 Å². The number of carbonyl (C=O) groups excluding carboxylic acids is 1. The van der Waals surface area contributed by atoms with Gasteiger partial charge >= 0.3 is 0 Å². The molecular weight excluding hydrogens is 198 g/mol. The maximum absolute atomic E-state index is 11.0. The van der Waals surface area contributed by atoms with Crippen molar-refractivity contribution in [2.24, 2.45) is 10.7 Å². The number of hydrogen-bond acceptors (Lipinski definition) is 4. The van der Waals surface area contributed by atoms with E-state index in [4.69, 9.17) is 5.73 Å². The van der Waals surface area contributed by atoms with Crippen molar-refractivity contribution in [1.82, 2.24) is 5.32 Å². The number of nitrogens with zero attached hydrogens (tertiary/aromatic N) is 1. The molecule has 1 aliphatic heterocycles. The summed E-state index contributed by atoms with van der Waals surface area (Å²) in [6.45, 7) is 0. The third kappa shape index (κ3) is 1.94. The van der Waals surface area contributed by atoms with Gasteiger partial charge in [-0.2, -0.15) is 0 Å². The van der Waals surface area contributed by atoms with Gasteiger partial charge in [0.05, 0.1) is 5.69 Å². The van der Waals surface area contributed by atoms with Crippen LogP contribution in [0.1, 0.15) is 0 Å². The lowest BCUT2D eigenvalue weighted by Crippen LogP contribution is -2.29. The van der Waals surface area contributed by atoms with Crippen molar-refractivity contribution in [3.05, 3.63) is 30.3 Å². The van der Waals surface area contributed by atoms with Gasteiger partial charge in [0.1, 0.15) is 5.37 Å². The molecule has 0 aromatic heterocycles. The number of nitrogens with one attached hydrogen (secondary N) is 1. The monoisotopic (exact) mass is 207 g/mol. The predicted molar refractivity (Wildman–Crippen MR) is 57.2 cm³/mol. The van der Waals surface area contributed by atoms with Crippen molar-refractivity contribution in [1.29, 1.82) is 0 Å².